The second-order valence-electron chi connectivity index (χ2n) is 8.55. The molecule has 1 heterocycles. The summed E-state index contributed by atoms with van der Waals surface area (Å²) in [4.78, 5) is 28.7. The van der Waals surface area contributed by atoms with Crippen molar-refractivity contribution in [2.24, 2.45) is 0 Å². The quantitative estimate of drug-likeness (QED) is 0.349. The molecule has 0 radical (unpaired) electrons. The molecule has 0 bridgehead atoms. The highest BCUT2D eigenvalue weighted by Gasteiger charge is 2.31. The molecule has 188 valence electrons. The van der Waals surface area contributed by atoms with Crippen LogP contribution in [0.25, 0.3) is 11.1 Å². The van der Waals surface area contributed by atoms with Crippen molar-refractivity contribution < 1.29 is 18.7 Å². The van der Waals surface area contributed by atoms with Crippen LogP contribution in [0, 0.1) is 5.82 Å². The van der Waals surface area contributed by atoms with E-state index in [1.54, 1.807) is 0 Å². The molecule has 6 nitrogen and oxygen atoms in total. The highest BCUT2D eigenvalue weighted by atomic mass is 79.9. The van der Waals surface area contributed by atoms with Gasteiger partial charge in [-0.2, -0.15) is 0 Å². The van der Waals surface area contributed by atoms with Crippen molar-refractivity contribution in [1.82, 2.24) is 4.90 Å². The van der Waals surface area contributed by atoms with Crippen molar-refractivity contribution in [3.8, 4) is 16.9 Å². The maximum Gasteiger partial charge on any atom is 0.255 e. The monoisotopic (exact) mass is 553 g/mol. The molecule has 1 N–H and O–H groups in total. The summed E-state index contributed by atoms with van der Waals surface area (Å²) >= 11 is 3.31. The summed E-state index contributed by atoms with van der Waals surface area (Å²) in [5, 5.41) is 2.87. The second-order valence-corrected chi connectivity index (χ2v) is 9.41. The summed E-state index contributed by atoms with van der Waals surface area (Å²) in [6.45, 7) is 6.22. The Balaban J connectivity index is 1.61. The van der Waals surface area contributed by atoms with Gasteiger partial charge in [-0.25, -0.2) is 4.39 Å². The smallest absolute Gasteiger partial charge is 0.255 e. The van der Waals surface area contributed by atoms with Crippen LogP contribution in [0.15, 0.2) is 65.1 Å². The van der Waals surface area contributed by atoms with E-state index < -0.39 is 5.82 Å². The van der Waals surface area contributed by atoms with Crippen LogP contribution < -0.4 is 15.0 Å². The van der Waals surface area contributed by atoms with Crippen molar-refractivity contribution in [2.45, 2.75) is 26.3 Å². The predicted octanol–water partition coefficient (Wildman–Crippen LogP) is 5.96. The molecule has 3 aromatic rings. The van der Waals surface area contributed by atoms with Crippen LogP contribution in [-0.4, -0.2) is 49.5 Å². The molecule has 0 aromatic heterocycles. The highest BCUT2D eigenvalue weighted by molar-refractivity contribution is 9.10. The van der Waals surface area contributed by atoms with Gasteiger partial charge in [0, 0.05) is 35.7 Å². The number of amides is 2. The maximum atomic E-state index is 13.5. The molecular formula is C28H29BrFN3O3. The summed E-state index contributed by atoms with van der Waals surface area (Å²) in [6, 6.07) is 18.0. The summed E-state index contributed by atoms with van der Waals surface area (Å²) in [5.41, 5.74) is 3.94. The number of hydrogen-bond donors (Lipinski definition) is 1. The number of anilines is 2. The van der Waals surface area contributed by atoms with Gasteiger partial charge in [0.05, 0.1) is 23.5 Å². The molecule has 1 atom stereocenters. The van der Waals surface area contributed by atoms with Crippen LogP contribution in [-0.2, 0) is 4.79 Å². The van der Waals surface area contributed by atoms with E-state index in [0.717, 1.165) is 29.0 Å². The van der Waals surface area contributed by atoms with Crippen molar-refractivity contribution in [2.75, 3.05) is 36.5 Å². The number of benzene rings is 3. The number of nitrogens with one attached hydrogen (secondary N) is 1. The van der Waals surface area contributed by atoms with Gasteiger partial charge in [0.25, 0.3) is 5.91 Å². The van der Waals surface area contributed by atoms with E-state index >= 15 is 0 Å². The minimum Gasteiger partial charge on any atom is -0.493 e. The lowest BCUT2D eigenvalue weighted by Gasteiger charge is -2.43. The Morgan fingerprint density at radius 3 is 2.67 bits per heavy atom. The zero-order valence-electron chi connectivity index (χ0n) is 20.3. The summed E-state index contributed by atoms with van der Waals surface area (Å²) in [5.74, 6) is 0.265. The fourth-order valence-electron chi connectivity index (χ4n) is 4.66. The van der Waals surface area contributed by atoms with Crippen LogP contribution in [0.1, 0.15) is 30.6 Å². The molecule has 1 aliphatic heterocycles. The number of rotatable bonds is 8. The largest absolute Gasteiger partial charge is 0.493 e. The molecule has 4 rings (SSSR count). The van der Waals surface area contributed by atoms with E-state index in [9.17, 15) is 14.0 Å². The number of carbonyl (C=O) groups is 2. The predicted molar refractivity (Wildman–Crippen MR) is 144 cm³/mol. The topological polar surface area (TPSA) is 61.9 Å². The molecular weight excluding hydrogens is 525 g/mol. The number of hydrogen-bond acceptors (Lipinski definition) is 4. The van der Waals surface area contributed by atoms with Gasteiger partial charge in [-0.1, -0.05) is 31.2 Å². The van der Waals surface area contributed by atoms with E-state index in [2.05, 4.69) is 33.1 Å². The van der Waals surface area contributed by atoms with Gasteiger partial charge in [0.15, 0.2) is 0 Å². The second kappa shape index (κ2) is 11.6. The molecule has 36 heavy (non-hydrogen) atoms. The highest BCUT2D eigenvalue weighted by Crippen LogP contribution is 2.37. The minimum atomic E-state index is -0.391. The Morgan fingerprint density at radius 2 is 1.94 bits per heavy atom. The Morgan fingerprint density at radius 1 is 1.14 bits per heavy atom. The van der Waals surface area contributed by atoms with E-state index in [-0.39, 0.29) is 11.9 Å². The van der Waals surface area contributed by atoms with Crippen LogP contribution in [0.2, 0.25) is 0 Å². The standard InChI is InChI=1S/C28H29BrFN3O3/c1-3-21-17-32(28(35)23-11-10-20(30)16-24(23)29)13-14-33(21)26-12-9-19(15-25(26)31-18-34)22-7-5-6-8-27(22)36-4-2/h5-12,15-16,18,21H,3-4,13-14,17H2,1-2H3,(H,31,34)/t21-/m1/s1. The number of carbonyl (C=O) groups excluding carboxylic acids is 2. The van der Waals surface area contributed by atoms with Crippen LogP contribution in [0.5, 0.6) is 5.75 Å². The molecule has 0 spiro atoms. The first kappa shape index (κ1) is 25.7. The number of para-hydroxylation sites is 1. The molecule has 1 saturated heterocycles. The van der Waals surface area contributed by atoms with Crippen molar-refractivity contribution in [1.29, 1.82) is 0 Å². The molecule has 1 fully saturated rings. The summed E-state index contributed by atoms with van der Waals surface area (Å²) in [6.07, 6.45) is 1.49. The zero-order valence-corrected chi connectivity index (χ0v) is 21.9. The lowest BCUT2D eigenvalue weighted by atomic mass is 10.0. The van der Waals surface area contributed by atoms with Gasteiger partial charge >= 0.3 is 0 Å². The average Bonchev–Trinajstić information content (AvgIpc) is 2.89. The molecule has 1 aliphatic rings. The molecule has 8 heteroatoms. The Hall–Kier alpha value is -3.39. The van der Waals surface area contributed by atoms with Gasteiger partial charge in [0.2, 0.25) is 6.41 Å². The van der Waals surface area contributed by atoms with Crippen molar-refractivity contribution in [3.63, 3.8) is 0 Å². The van der Waals surface area contributed by atoms with Crippen LogP contribution in [0.4, 0.5) is 15.8 Å². The normalized spacial score (nSPS) is 15.5. The number of piperazine rings is 1. The first-order valence-electron chi connectivity index (χ1n) is 12.0. The van der Waals surface area contributed by atoms with E-state index in [1.165, 1.54) is 18.2 Å². The number of nitrogens with zero attached hydrogens (tertiary/aromatic N) is 2. The Labute approximate surface area is 219 Å². The number of halogens is 2. The van der Waals surface area contributed by atoms with Crippen molar-refractivity contribution in [3.05, 3.63) is 76.5 Å². The van der Waals surface area contributed by atoms with Crippen LogP contribution in [0.3, 0.4) is 0 Å². The average molecular weight is 554 g/mol. The summed E-state index contributed by atoms with van der Waals surface area (Å²) in [7, 11) is 0. The number of ether oxygens (including phenoxy) is 1. The maximum absolute atomic E-state index is 13.5. The fourth-order valence-corrected chi connectivity index (χ4v) is 5.18. The zero-order chi connectivity index (χ0) is 25.7. The van der Waals surface area contributed by atoms with Gasteiger partial charge in [-0.15, -0.1) is 0 Å². The lowest BCUT2D eigenvalue weighted by Crippen LogP contribution is -2.55. The first-order valence-corrected chi connectivity index (χ1v) is 12.8. The third-order valence-electron chi connectivity index (χ3n) is 6.42. The summed E-state index contributed by atoms with van der Waals surface area (Å²) < 4.78 is 19.8. The minimum absolute atomic E-state index is 0.0516. The van der Waals surface area contributed by atoms with E-state index in [1.807, 2.05) is 54.3 Å². The SMILES string of the molecule is CCOc1ccccc1-c1ccc(N2CCN(C(=O)c3ccc(F)cc3Br)C[C@H]2CC)c(NC=O)c1. The first-order chi connectivity index (χ1) is 17.5. The third-order valence-corrected chi connectivity index (χ3v) is 7.08. The van der Waals surface area contributed by atoms with Gasteiger partial charge < -0.3 is 19.9 Å². The molecule has 3 aromatic carbocycles. The van der Waals surface area contributed by atoms with Gasteiger partial charge in [-0.3, -0.25) is 9.59 Å². The van der Waals surface area contributed by atoms with Gasteiger partial charge in [0.1, 0.15) is 11.6 Å². The van der Waals surface area contributed by atoms with Gasteiger partial charge in [-0.05, 0) is 71.2 Å². The fraction of sp³-hybridized carbons (Fsp3) is 0.286. The molecule has 0 saturated carbocycles. The Bertz CT molecular complexity index is 1250. The van der Waals surface area contributed by atoms with Crippen LogP contribution >= 0.6 is 15.9 Å². The Kier molecular flexibility index (Phi) is 8.25. The van der Waals surface area contributed by atoms with Crippen molar-refractivity contribution >= 4 is 39.6 Å². The molecule has 0 unspecified atom stereocenters. The van der Waals surface area contributed by atoms with E-state index in [0.29, 0.717) is 48.4 Å². The lowest BCUT2D eigenvalue weighted by molar-refractivity contribution is -0.105. The third kappa shape index (κ3) is 5.38. The molecule has 2 amide bonds. The molecule has 0 aliphatic carbocycles. The van der Waals surface area contributed by atoms with E-state index in [4.69, 9.17) is 4.74 Å².